The zero-order valence-electron chi connectivity index (χ0n) is 8.52. The number of rotatable bonds is 3. The number of carbonyl (C=O) groups is 1. The molecular weight excluding hydrogens is 176 g/mol. The molecule has 2 rings (SSSR count). The third-order valence-corrected chi connectivity index (χ3v) is 3.12. The Balaban J connectivity index is 2.00. The molecule has 1 heterocycles. The fourth-order valence-electron chi connectivity index (χ4n) is 2.35. The number of imidazole rings is 1. The number of aromatic nitrogens is 2. The fourth-order valence-corrected chi connectivity index (χ4v) is 2.35. The molecule has 3 nitrogen and oxygen atoms in total. The van der Waals surface area contributed by atoms with Crippen LogP contribution in [0, 0.1) is 11.8 Å². The van der Waals surface area contributed by atoms with Gasteiger partial charge >= 0.3 is 0 Å². The maximum atomic E-state index is 10.7. The van der Waals surface area contributed by atoms with Gasteiger partial charge in [-0.25, -0.2) is 4.98 Å². The molecule has 1 aliphatic carbocycles. The third kappa shape index (κ3) is 1.86. The van der Waals surface area contributed by atoms with Crippen LogP contribution in [0.25, 0.3) is 0 Å². The second-order valence-corrected chi connectivity index (χ2v) is 4.37. The van der Waals surface area contributed by atoms with E-state index in [4.69, 9.17) is 0 Å². The molecule has 1 fully saturated rings. The Hall–Kier alpha value is -1.12. The summed E-state index contributed by atoms with van der Waals surface area (Å²) < 4.78 is 1.97. The standard InChI is InChI=1S/C11H16N2O/c1-9-2-3-10(4-9)6-13-8-12-5-11(13)7-14/h5,7-10H,2-4,6H2,1H3. The van der Waals surface area contributed by atoms with E-state index in [9.17, 15) is 4.79 Å². The van der Waals surface area contributed by atoms with Gasteiger partial charge in [0.25, 0.3) is 0 Å². The largest absolute Gasteiger partial charge is 0.328 e. The van der Waals surface area contributed by atoms with Crippen molar-refractivity contribution in [1.82, 2.24) is 9.55 Å². The highest BCUT2D eigenvalue weighted by Gasteiger charge is 2.21. The van der Waals surface area contributed by atoms with Crippen LogP contribution in [0.5, 0.6) is 0 Å². The van der Waals surface area contributed by atoms with Crippen molar-refractivity contribution in [3.8, 4) is 0 Å². The molecule has 1 saturated carbocycles. The zero-order chi connectivity index (χ0) is 9.97. The molecule has 0 bridgehead atoms. The van der Waals surface area contributed by atoms with Crippen LogP contribution >= 0.6 is 0 Å². The van der Waals surface area contributed by atoms with Crippen LogP contribution in [-0.2, 0) is 6.54 Å². The minimum absolute atomic E-state index is 0.699. The summed E-state index contributed by atoms with van der Waals surface area (Å²) in [5, 5.41) is 0. The number of aldehydes is 1. The van der Waals surface area contributed by atoms with Gasteiger partial charge in [0, 0.05) is 6.54 Å². The lowest BCUT2D eigenvalue weighted by atomic mass is 10.1. The van der Waals surface area contributed by atoms with Crippen molar-refractivity contribution in [2.45, 2.75) is 32.7 Å². The normalized spacial score (nSPS) is 26.6. The molecule has 0 spiro atoms. The highest BCUT2D eigenvalue weighted by atomic mass is 16.1. The Kier molecular flexibility index (Phi) is 2.66. The predicted octanol–water partition coefficient (Wildman–Crippen LogP) is 2.13. The van der Waals surface area contributed by atoms with Crippen molar-refractivity contribution < 1.29 is 4.79 Å². The highest BCUT2D eigenvalue weighted by molar-refractivity contribution is 5.71. The van der Waals surface area contributed by atoms with Crippen LogP contribution in [-0.4, -0.2) is 15.8 Å². The van der Waals surface area contributed by atoms with Gasteiger partial charge in [-0.1, -0.05) is 13.3 Å². The predicted molar refractivity (Wildman–Crippen MR) is 54.1 cm³/mol. The lowest BCUT2D eigenvalue weighted by Gasteiger charge is -2.11. The summed E-state index contributed by atoms with van der Waals surface area (Å²) in [6.45, 7) is 3.26. The Labute approximate surface area is 84.1 Å². The molecule has 0 N–H and O–H groups in total. The Bertz CT molecular complexity index is 319. The smallest absolute Gasteiger partial charge is 0.168 e. The number of carbonyl (C=O) groups excluding carboxylic acids is 1. The summed E-state index contributed by atoms with van der Waals surface area (Å²) in [7, 11) is 0. The van der Waals surface area contributed by atoms with Gasteiger partial charge in [0.05, 0.1) is 12.5 Å². The van der Waals surface area contributed by atoms with Gasteiger partial charge < -0.3 is 4.57 Å². The summed E-state index contributed by atoms with van der Waals surface area (Å²) in [5.41, 5.74) is 0.699. The summed E-state index contributed by atoms with van der Waals surface area (Å²) in [6, 6.07) is 0. The molecule has 1 aromatic rings. The number of nitrogens with zero attached hydrogens (tertiary/aromatic N) is 2. The van der Waals surface area contributed by atoms with Crippen LogP contribution in [0.4, 0.5) is 0 Å². The molecule has 76 valence electrons. The Morgan fingerprint density at radius 2 is 2.50 bits per heavy atom. The monoisotopic (exact) mass is 192 g/mol. The quantitative estimate of drug-likeness (QED) is 0.688. The molecule has 3 heteroatoms. The summed E-state index contributed by atoms with van der Waals surface area (Å²) >= 11 is 0. The van der Waals surface area contributed by atoms with E-state index in [1.165, 1.54) is 19.3 Å². The van der Waals surface area contributed by atoms with E-state index in [2.05, 4.69) is 11.9 Å². The molecule has 0 aliphatic heterocycles. The molecule has 0 amide bonds. The topological polar surface area (TPSA) is 34.9 Å². The third-order valence-electron chi connectivity index (χ3n) is 3.12. The van der Waals surface area contributed by atoms with E-state index in [1.807, 2.05) is 4.57 Å². The van der Waals surface area contributed by atoms with E-state index in [1.54, 1.807) is 12.5 Å². The van der Waals surface area contributed by atoms with Crippen molar-refractivity contribution >= 4 is 6.29 Å². The van der Waals surface area contributed by atoms with E-state index in [-0.39, 0.29) is 0 Å². The molecule has 2 unspecified atom stereocenters. The molecule has 0 saturated heterocycles. The van der Waals surface area contributed by atoms with Gasteiger partial charge in [-0.3, -0.25) is 4.79 Å². The van der Waals surface area contributed by atoms with Gasteiger partial charge in [-0.2, -0.15) is 0 Å². The van der Waals surface area contributed by atoms with Crippen molar-refractivity contribution in [2.24, 2.45) is 11.8 Å². The summed E-state index contributed by atoms with van der Waals surface area (Å²) in [5.74, 6) is 1.58. The van der Waals surface area contributed by atoms with E-state index >= 15 is 0 Å². The maximum Gasteiger partial charge on any atom is 0.168 e. The molecule has 0 aromatic carbocycles. The van der Waals surface area contributed by atoms with Crippen LogP contribution in [0.3, 0.4) is 0 Å². The summed E-state index contributed by atoms with van der Waals surface area (Å²) in [6.07, 6.45) is 8.17. The van der Waals surface area contributed by atoms with Crippen LogP contribution in [0.15, 0.2) is 12.5 Å². The SMILES string of the molecule is CC1CCC(Cn2cncc2C=O)C1. The second-order valence-electron chi connectivity index (χ2n) is 4.37. The Morgan fingerprint density at radius 3 is 3.14 bits per heavy atom. The number of hydrogen-bond donors (Lipinski definition) is 0. The van der Waals surface area contributed by atoms with Gasteiger partial charge in [0.2, 0.25) is 0 Å². The second kappa shape index (κ2) is 3.95. The average Bonchev–Trinajstić information content (AvgIpc) is 2.76. The first kappa shape index (κ1) is 9.44. The first-order valence-corrected chi connectivity index (χ1v) is 5.25. The molecule has 1 aromatic heterocycles. The van der Waals surface area contributed by atoms with Gasteiger partial charge in [0.15, 0.2) is 6.29 Å². The van der Waals surface area contributed by atoms with Crippen LogP contribution in [0.1, 0.15) is 36.7 Å². The average molecular weight is 192 g/mol. The van der Waals surface area contributed by atoms with E-state index in [0.717, 1.165) is 24.7 Å². The molecule has 1 aliphatic rings. The molecule has 14 heavy (non-hydrogen) atoms. The fraction of sp³-hybridized carbons (Fsp3) is 0.636. The van der Waals surface area contributed by atoms with Crippen molar-refractivity contribution in [3.63, 3.8) is 0 Å². The summed E-state index contributed by atoms with van der Waals surface area (Å²) in [4.78, 5) is 14.7. The van der Waals surface area contributed by atoms with Crippen LogP contribution in [0.2, 0.25) is 0 Å². The lowest BCUT2D eigenvalue weighted by molar-refractivity contribution is 0.111. The minimum Gasteiger partial charge on any atom is -0.328 e. The molecule has 0 radical (unpaired) electrons. The van der Waals surface area contributed by atoms with Gasteiger partial charge in [-0.05, 0) is 24.7 Å². The van der Waals surface area contributed by atoms with Crippen molar-refractivity contribution in [3.05, 3.63) is 18.2 Å². The first-order chi connectivity index (χ1) is 6.79. The zero-order valence-corrected chi connectivity index (χ0v) is 8.52. The highest BCUT2D eigenvalue weighted by Crippen LogP contribution is 2.31. The molecule has 2 atom stereocenters. The van der Waals surface area contributed by atoms with Gasteiger partial charge in [-0.15, -0.1) is 0 Å². The van der Waals surface area contributed by atoms with Gasteiger partial charge in [0.1, 0.15) is 5.69 Å². The van der Waals surface area contributed by atoms with Crippen molar-refractivity contribution in [1.29, 1.82) is 0 Å². The lowest BCUT2D eigenvalue weighted by Crippen LogP contribution is -2.09. The Morgan fingerprint density at radius 1 is 1.64 bits per heavy atom. The molecular formula is C11H16N2O. The maximum absolute atomic E-state index is 10.7. The van der Waals surface area contributed by atoms with E-state index < -0.39 is 0 Å². The first-order valence-electron chi connectivity index (χ1n) is 5.25. The van der Waals surface area contributed by atoms with Crippen molar-refractivity contribution in [2.75, 3.05) is 0 Å². The van der Waals surface area contributed by atoms with Crippen LogP contribution < -0.4 is 0 Å². The minimum atomic E-state index is 0.699. The number of hydrogen-bond acceptors (Lipinski definition) is 2. The van der Waals surface area contributed by atoms with E-state index in [0.29, 0.717) is 5.69 Å².